The lowest BCUT2D eigenvalue weighted by Gasteiger charge is -2.31. The minimum absolute atomic E-state index is 0.316. The highest BCUT2D eigenvalue weighted by Gasteiger charge is 2.18. The second kappa shape index (κ2) is 6.63. The van der Waals surface area contributed by atoms with Crippen LogP contribution in [0.5, 0.6) is 0 Å². The fourth-order valence-corrected chi connectivity index (χ4v) is 2.90. The maximum Gasteiger partial charge on any atom is 0.161 e. The number of benzene rings is 1. The number of piperidine rings is 1. The van der Waals surface area contributed by atoms with Gasteiger partial charge in [-0.1, -0.05) is 30.7 Å². The SMILES string of the molecule is CCc1cc(N2CCC(N)CC2)nc(-c2cccc(Cl)c2)n1. The van der Waals surface area contributed by atoms with E-state index in [-0.39, 0.29) is 0 Å². The van der Waals surface area contributed by atoms with Crippen molar-refractivity contribution in [1.29, 1.82) is 0 Å². The Labute approximate surface area is 136 Å². The molecule has 0 radical (unpaired) electrons. The number of hydrogen-bond acceptors (Lipinski definition) is 4. The summed E-state index contributed by atoms with van der Waals surface area (Å²) in [5, 5.41) is 0.702. The predicted octanol–water partition coefficient (Wildman–Crippen LogP) is 3.29. The van der Waals surface area contributed by atoms with Gasteiger partial charge >= 0.3 is 0 Å². The van der Waals surface area contributed by atoms with Crippen LogP contribution in [0.15, 0.2) is 30.3 Å². The van der Waals surface area contributed by atoms with Gasteiger partial charge in [0.1, 0.15) is 5.82 Å². The van der Waals surface area contributed by atoms with Gasteiger partial charge in [0.15, 0.2) is 5.82 Å². The van der Waals surface area contributed by atoms with Gasteiger partial charge in [-0.25, -0.2) is 9.97 Å². The first-order valence-electron chi connectivity index (χ1n) is 7.80. The van der Waals surface area contributed by atoms with Crippen molar-refractivity contribution in [1.82, 2.24) is 9.97 Å². The number of nitrogens with two attached hydrogens (primary N) is 1. The van der Waals surface area contributed by atoms with E-state index in [0.717, 1.165) is 55.3 Å². The Hall–Kier alpha value is -1.65. The van der Waals surface area contributed by atoms with Gasteiger partial charge in [0, 0.05) is 41.5 Å². The molecule has 0 unspecified atom stereocenters. The van der Waals surface area contributed by atoms with Gasteiger partial charge in [-0.3, -0.25) is 0 Å². The summed E-state index contributed by atoms with van der Waals surface area (Å²) < 4.78 is 0. The summed E-state index contributed by atoms with van der Waals surface area (Å²) in [6, 6.07) is 10.1. The summed E-state index contributed by atoms with van der Waals surface area (Å²) in [7, 11) is 0. The molecule has 0 spiro atoms. The molecule has 3 rings (SSSR count). The molecule has 1 aromatic heterocycles. The molecular formula is C17H21ClN4. The standard InChI is InChI=1S/C17H21ClN4/c1-2-15-11-16(22-8-6-14(19)7-9-22)21-17(20-15)12-4-3-5-13(18)10-12/h3-5,10-11,14H,2,6-9,19H2,1H3. The molecule has 116 valence electrons. The summed E-state index contributed by atoms with van der Waals surface area (Å²) in [6.07, 6.45) is 2.91. The van der Waals surface area contributed by atoms with E-state index in [9.17, 15) is 0 Å². The van der Waals surface area contributed by atoms with Gasteiger partial charge in [0.2, 0.25) is 0 Å². The quantitative estimate of drug-likeness (QED) is 0.944. The van der Waals surface area contributed by atoms with Crippen LogP contribution in [0.2, 0.25) is 5.02 Å². The molecule has 0 aliphatic carbocycles. The molecule has 2 N–H and O–H groups in total. The van der Waals surface area contributed by atoms with Crippen LogP contribution in [0, 0.1) is 0 Å². The van der Waals surface area contributed by atoms with Crippen molar-refractivity contribution >= 4 is 17.4 Å². The zero-order valence-corrected chi connectivity index (χ0v) is 13.6. The molecule has 0 amide bonds. The van der Waals surface area contributed by atoms with Crippen LogP contribution >= 0.6 is 11.6 Å². The third kappa shape index (κ3) is 3.39. The van der Waals surface area contributed by atoms with E-state index in [0.29, 0.717) is 11.1 Å². The Bertz CT molecular complexity index is 651. The van der Waals surface area contributed by atoms with Crippen molar-refractivity contribution in [3.63, 3.8) is 0 Å². The molecule has 1 fully saturated rings. The van der Waals surface area contributed by atoms with Crippen LogP contribution in [0.25, 0.3) is 11.4 Å². The lowest BCUT2D eigenvalue weighted by atomic mass is 10.1. The Balaban J connectivity index is 1.96. The van der Waals surface area contributed by atoms with E-state index in [4.69, 9.17) is 22.3 Å². The topological polar surface area (TPSA) is 55.0 Å². The first-order valence-corrected chi connectivity index (χ1v) is 8.18. The average molecular weight is 317 g/mol. The number of halogens is 1. The number of rotatable bonds is 3. The summed E-state index contributed by atoms with van der Waals surface area (Å²) in [4.78, 5) is 11.7. The summed E-state index contributed by atoms with van der Waals surface area (Å²) in [6.45, 7) is 4.02. The zero-order chi connectivity index (χ0) is 15.5. The lowest BCUT2D eigenvalue weighted by Crippen LogP contribution is -2.40. The number of aromatic nitrogens is 2. The maximum absolute atomic E-state index is 6.09. The van der Waals surface area contributed by atoms with Crippen LogP contribution in [-0.2, 0) is 6.42 Å². The average Bonchev–Trinajstić information content (AvgIpc) is 2.55. The summed E-state index contributed by atoms with van der Waals surface area (Å²) in [5.41, 5.74) is 8.00. The molecule has 0 bridgehead atoms. The second-order valence-electron chi connectivity index (χ2n) is 5.73. The molecule has 22 heavy (non-hydrogen) atoms. The monoisotopic (exact) mass is 316 g/mol. The van der Waals surface area contributed by atoms with Crippen molar-refractivity contribution in [2.45, 2.75) is 32.2 Å². The van der Waals surface area contributed by atoms with Crippen molar-refractivity contribution < 1.29 is 0 Å². The van der Waals surface area contributed by atoms with E-state index in [1.807, 2.05) is 24.3 Å². The normalized spacial score (nSPS) is 16.0. The van der Waals surface area contributed by atoms with Crippen molar-refractivity contribution in [3.8, 4) is 11.4 Å². The fourth-order valence-electron chi connectivity index (χ4n) is 2.71. The first kappa shape index (κ1) is 15.3. The van der Waals surface area contributed by atoms with Crippen molar-refractivity contribution in [2.75, 3.05) is 18.0 Å². The van der Waals surface area contributed by atoms with Gasteiger partial charge < -0.3 is 10.6 Å². The van der Waals surface area contributed by atoms with Gasteiger partial charge in [0.05, 0.1) is 0 Å². The molecule has 2 heterocycles. The van der Waals surface area contributed by atoms with Gasteiger partial charge in [-0.15, -0.1) is 0 Å². The molecule has 4 nitrogen and oxygen atoms in total. The number of nitrogens with zero attached hydrogens (tertiary/aromatic N) is 3. The van der Waals surface area contributed by atoms with Gasteiger partial charge in [0.25, 0.3) is 0 Å². The first-order chi connectivity index (χ1) is 10.7. The smallest absolute Gasteiger partial charge is 0.161 e. The van der Waals surface area contributed by atoms with Crippen LogP contribution in [0.1, 0.15) is 25.5 Å². The van der Waals surface area contributed by atoms with E-state index < -0.39 is 0 Å². The Morgan fingerprint density at radius 3 is 2.68 bits per heavy atom. The van der Waals surface area contributed by atoms with Crippen LogP contribution < -0.4 is 10.6 Å². The zero-order valence-electron chi connectivity index (χ0n) is 12.8. The van der Waals surface area contributed by atoms with Crippen LogP contribution in [-0.4, -0.2) is 29.1 Å². The Kier molecular flexibility index (Phi) is 4.60. The summed E-state index contributed by atoms with van der Waals surface area (Å²) in [5.74, 6) is 1.74. The number of hydrogen-bond donors (Lipinski definition) is 1. The fraction of sp³-hybridized carbons (Fsp3) is 0.412. The van der Waals surface area contributed by atoms with E-state index in [1.54, 1.807) is 0 Å². The highest BCUT2D eigenvalue weighted by molar-refractivity contribution is 6.30. The Morgan fingerprint density at radius 2 is 2.00 bits per heavy atom. The van der Waals surface area contributed by atoms with Gasteiger partial charge in [-0.2, -0.15) is 0 Å². The van der Waals surface area contributed by atoms with E-state index in [2.05, 4.69) is 22.9 Å². The van der Waals surface area contributed by atoms with Gasteiger partial charge in [-0.05, 0) is 31.4 Å². The minimum atomic E-state index is 0.316. The number of anilines is 1. The molecular weight excluding hydrogens is 296 g/mol. The molecule has 2 aromatic rings. The molecule has 1 aliphatic rings. The molecule has 1 aliphatic heterocycles. The molecule has 0 saturated carbocycles. The second-order valence-corrected chi connectivity index (χ2v) is 6.17. The minimum Gasteiger partial charge on any atom is -0.356 e. The Morgan fingerprint density at radius 1 is 1.23 bits per heavy atom. The lowest BCUT2D eigenvalue weighted by molar-refractivity contribution is 0.498. The van der Waals surface area contributed by atoms with Crippen molar-refractivity contribution in [2.24, 2.45) is 5.73 Å². The maximum atomic E-state index is 6.09. The molecule has 1 aromatic carbocycles. The van der Waals surface area contributed by atoms with E-state index >= 15 is 0 Å². The largest absolute Gasteiger partial charge is 0.356 e. The van der Waals surface area contributed by atoms with E-state index in [1.165, 1.54) is 0 Å². The predicted molar refractivity (Wildman–Crippen MR) is 91.3 cm³/mol. The molecule has 1 saturated heterocycles. The third-order valence-electron chi connectivity index (χ3n) is 4.07. The number of aryl methyl sites for hydroxylation is 1. The molecule has 0 atom stereocenters. The summed E-state index contributed by atoms with van der Waals surface area (Å²) >= 11 is 6.09. The van der Waals surface area contributed by atoms with Crippen LogP contribution in [0.3, 0.4) is 0 Å². The highest BCUT2D eigenvalue weighted by atomic mass is 35.5. The van der Waals surface area contributed by atoms with Crippen LogP contribution in [0.4, 0.5) is 5.82 Å². The highest BCUT2D eigenvalue weighted by Crippen LogP contribution is 2.24. The molecule has 5 heteroatoms. The third-order valence-corrected chi connectivity index (χ3v) is 4.31. The van der Waals surface area contributed by atoms with Crippen molar-refractivity contribution in [3.05, 3.63) is 41.0 Å².